The zero-order chi connectivity index (χ0) is 25.4. The lowest BCUT2D eigenvalue weighted by atomic mass is 10.1. The maximum Gasteiger partial charge on any atom is 0.416 e. The number of rotatable bonds is 4. The number of carbonyl (C=O) groups is 2. The average Bonchev–Trinajstić information content (AvgIpc) is 3.51. The number of anilines is 1. The summed E-state index contributed by atoms with van der Waals surface area (Å²) in [5.74, 6) is -0.686. The molecule has 0 spiro atoms. The molecular formula is C25H16F3N5O3. The van der Waals surface area contributed by atoms with Crippen LogP contribution in [0.4, 0.5) is 23.7 Å². The lowest BCUT2D eigenvalue weighted by Gasteiger charge is -2.11. The number of alkyl halides is 3. The molecule has 180 valence electrons. The second-order valence-electron chi connectivity index (χ2n) is 7.78. The van der Waals surface area contributed by atoms with Gasteiger partial charge in [-0.3, -0.25) is 9.36 Å². The zero-order valence-corrected chi connectivity index (χ0v) is 18.3. The van der Waals surface area contributed by atoms with Gasteiger partial charge in [0.1, 0.15) is 0 Å². The van der Waals surface area contributed by atoms with Crippen LogP contribution in [0.25, 0.3) is 28.2 Å². The van der Waals surface area contributed by atoms with Gasteiger partial charge in [-0.2, -0.15) is 18.3 Å². The van der Waals surface area contributed by atoms with Gasteiger partial charge in [0.2, 0.25) is 0 Å². The maximum atomic E-state index is 13.0. The van der Waals surface area contributed by atoms with E-state index in [2.05, 4.69) is 15.4 Å². The number of hydrogen-bond acceptors (Lipinski definition) is 4. The highest BCUT2D eigenvalue weighted by Gasteiger charge is 2.31. The molecule has 1 amide bonds. The quantitative estimate of drug-likeness (QED) is 0.338. The van der Waals surface area contributed by atoms with Crippen molar-refractivity contribution in [1.29, 1.82) is 0 Å². The fraction of sp³-hybridized carbons (Fsp3) is 0.0400. The molecule has 5 aromatic rings. The Bertz CT molecular complexity index is 1620. The molecule has 0 aliphatic heterocycles. The van der Waals surface area contributed by atoms with Crippen LogP contribution < -0.4 is 5.32 Å². The summed E-state index contributed by atoms with van der Waals surface area (Å²) in [6.45, 7) is 0. The van der Waals surface area contributed by atoms with Crippen LogP contribution >= 0.6 is 0 Å². The van der Waals surface area contributed by atoms with Gasteiger partial charge in [-0.25, -0.2) is 14.3 Å². The molecule has 2 N–H and O–H groups in total. The Labute approximate surface area is 201 Å². The molecule has 0 aliphatic rings. The van der Waals surface area contributed by atoms with Gasteiger partial charge in [0.25, 0.3) is 5.91 Å². The van der Waals surface area contributed by atoms with E-state index >= 15 is 0 Å². The summed E-state index contributed by atoms with van der Waals surface area (Å²) in [6.07, 6.45) is -1.22. The minimum Gasteiger partial charge on any atom is -0.464 e. The Morgan fingerprint density at radius 1 is 0.944 bits per heavy atom. The van der Waals surface area contributed by atoms with E-state index in [-0.39, 0.29) is 5.56 Å². The molecule has 0 radical (unpaired) electrons. The molecule has 11 heteroatoms. The van der Waals surface area contributed by atoms with Crippen LogP contribution in [0.2, 0.25) is 0 Å². The summed E-state index contributed by atoms with van der Waals surface area (Å²) in [7, 11) is 0. The highest BCUT2D eigenvalue weighted by Crippen LogP contribution is 2.31. The molecule has 0 atom stereocenters. The van der Waals surface area contributed by atoms with Crippen molar-refractivity contribution in [3.63, 3.8) is 0 Å². The molecule has 0 unspecified atom stereocenters. The Balaban J connectivity index is 1.48. The van der Waals surface area contributed by atoms with E-state index in [1.54, 1.807) is 53.2 Å². The molecule has 0 saturated heterocycles. The third-order valence-corrected chi connectivity index (χ3v) is 5.50. The summed E-state index contributed by atoms with van der Waals surface area (Å²) in [5.41, 5.74) is 1.93. The van der Waals surface area contributed by atoms with Crippen molar-refractivity contribution in [2.24, 2.45) is 0 Å². The first-order chi connectivity index (χ1) is 17.2. The number of fused-ring (bicyclic) bond motifs is 1. The number of benzene rings is 2. The van der Waals surface area contributed by atoms with Crippen LogP contribution in [0.3, 0.4) is 0 Å². The molecule has 0 fully saturated rings. The van der Waals surface area contributed by atoms with Crippen LogP contribution in [0, 0.1) is 0 Å². The number of aromatic nitrogens is 4. The van der Waals surface area contributed by atoms with Crippen LogP contribution in [0.1, 0.15) is 15.9 Å². The Hall–Kier alpha value is -4.93. The summed E-state index contributed by atoms with van der Waals surface area (Å²) in [5, 5.41) is 16.4. The van der Waals surface area contributed by atoms with Gasteiger partial charge in [-0.15, -0.1) is 0 Å². The highest BCUT2D eigenvalue weighted by atomic mass is 19.4. The number of carbonyl (C=O) groups excluding carboxylic acids is 1. The fourth-order valence-electron chi connectivity index (χ4n) is 3.85. The maximum absolute atomic E-state index is 13.0. The van der Waals surface area contributed by atoms with E-state index in [1.165, 1.54) is 24.5 Å². The van der Waals surface area contributed by atoms with E-state index in [1.807, 2.05) is 0 Å². The standard InChI is InChI=1S/C25H16F3N5O3/c26-25(27,28)17-6-1-5-16(12-17)23(34)31-18-7-2-4-15(13-18)20-9-10-29-22-19(14-30-33(20)22)21-8-3-11-32(21)24(35)36/h1-14H,(H,31,34)(H,35,36). The van der Waals surface area contributed by atoms with Crippen LogP contribution in [-0.4, -0.2) is 36.3 Å². The van der Waals surface area contributed by atoms with Gasteiger partial charge in [-0.1, -0.05) is 18.2 Å². The molecular weight excluding hydrogens is 475 g/mol. The van der Waals surface area contributed by atoms with E-state index < -0.39 is 23.7 Å². The van der Waals surface area contributed by atoms with E-state index in [0.29, 0.717) is 33.8 Å². The highest BCUT2D eigenvalue weighted by molar-refractivity contribution is 6.04. The third-order valence-electron chi connectivity index (χ3n) is 5.50. The van der Waals surface area contributed by atoms with Crippen molar-refractivity contribution in [2.45, 2.75) is 6.18 Å². The molecule has 5 rings (SSSR count). The number of carboxylic acid groups (broad SMARTS) is 1. The predicted octanol–water partition coefficient (Wildman–Crippen LogP) is 5.66. The first-order valence-corrected chi connectivity index (χ1v) is 10.6. The summed E-state index contributed by atoms with van der Waals surface area (Å²) in [6, 6.07) is 15.9. The lowest BCUT2D eigenvalue weighted by molar-refractivity contribution is -0.137. The SMILES string of the molecule is O=C(Nc1cccc(-c2ccnc3c(-c4cccn4C(=O)O)cnn23)c1)c1cccc(C(F)(F)F)c1. The predicted molar refractivity (Wildman–Crippen MR) is 125 cm³/mol. The minimum absolute atomic E-state index is 0.125. The topological polar surface area (TPSA) is 102 Å². The van der Waals surface area contributed by atoms with Crippen molar-refractivity contribution in [2.75, 3.05) is 5.32 Å². The van der Waals surface area contributed by atoms with Crippen molar-refractivity contribution in [1.82, 2.24) is 19.2 Å². The normalized spacial score (nSPS) is 11.5. The number of nitrogens with one attached hydrogen (secondary N) is 1. The summed E-state index contributed by atoms with van der Waals surface area (Å²) < 4.78 is 41.6. The average molecular weight is 491 g/mol. The molecule has 3 aromatic heterocycles. The van der Waals surface area contributed by atoms with Gasteiger partial charge in [0.05, 0.1) is 28.7 Å². The van der Waals surface area contributed by atoms with Crippen LogP contribution in [0.15, 0.2) is 85.3 Å². The molecule has 0 saturated carbocycles. The van der Waals surface area contributed by atoms with Crippen molar-refractivity contribution in [3.05, 3.63) is 96.4 Å². The largest absolute Gasteiger partial charge is 0.464 e. The molecule has 3 heterocycles. The molecule has 2 aromatic carbocycles. The van der Waals surface area contributed by atoms with Gasteiger partial charge >= 0.3 is 12.3 Å². The van der Waals surface area contributed by atoms with Gasteiger partial charge < -0.3 is 10.4 Å². The van der Waals surface area contributed by atoms with E-state index in [9.17, 15) is 27.9 Å². The molecule has 0 aliphatic carbocycles. The first kappa shape index (κ1) is 22.8. The first-order valence-electron chi connectivity index (χ1n) is 10.6. The number of halogens is 3. The number of nitrogens with zero attached hydrogens (tertiary/aromatic N) is 4. The van der Waals surface area contributed by atoms with Gasteiger partial charge in [0.15, 0.2) is 5.65 Å². The van der Waals surface area contributed by atoms with Crippen molar-refractivity contribution >= 4 is 23.3 Å². The molecule has 0 bridgehead atoms. The van der Waals surface area contributed by atoms with Crippen molar-refractivity contribution in [3.8, 4) is 22.5 Å². The van der Waals surface area contributed by atoms with Crippen LogP contribution in [0.5, 0.6) is 0 Å². The zero-order valence-electron chi connectivity index (χ0n) is 18.3. The summed E-state index contributed by atoms with van der Waals surface area (Å²) >= 11 is 0. The summed E-state index contributed by atoms with van der Waals surface area (Å²) in [4.78, 5) is 28.5. The Morgan fingerprint density at radius 3 is 2.53 bits per heavy atom. The van der Waals surface area contributed by atoms with Crippen LogP contribution in [-0.2, 0) is 6.18 Å². The van der Waals surface area contributed by atoms with E-state index in [4.69, 9.17) is 0 Å². The fourth-order valence-corrected chi connectivity index (χ4v) is 3.85. The van der Waals surface area contributed by atoms with Gasteiger partial charge in [0, 0.05) is 29.2 Å². The smallest absolute Gasteiger partial charge is 0.416 e. The third kappa shape index (κ3) is 4.17. The Morgan fingerprint density at radius 2 is 1.75 bits per heavy atom. The monoisotopic (exact) mass is 491 g/mol. The minimum atomic E-state index is -4.56. The Kier molecular flexibility index (Phi) is 5.51. The number of amides is 1. The number of hydrogen-bond donors (Lipinski definition) is 2. The van der Waals surface area contributed by atoms with E-state index in [0.717, 1.165) is 16.7 Å². The van der Waals surface area contributed by atoms with Crippen molar-refractivity contribution < 1.29 is 27.9 Å². The van der Waals surface area contributed by atoms with Gasteiger partial charge in [-0.05, 0) is 48.5 Å². The second-order valence-corrected chi connectivity index (χ2v) is 7.78. The molecule has 8 nitrogen and oxygen atoms in total. The second kappa shape index (κ2) is 8.69. The lowest BCUT2D eigenvalue weighted by Crippen LogP contribution is -2.14. The molecule has 36 heavy (non-hydrogen) atoms.